The van der Waals surface area contributed by atoms with E-state index in [4.69, 9.17) is 4.74 Å². The zero-order valence-corrected chi connectivity index (χ0v) is 15.6. The number of carbonyl (C=O) groups is 3. The number of methoxy groups -OCH3 is 1. The van der Waals surface area contributed by atoms with Crippen molar-refractivity contribution < 1.29 is 23.5 Å². The zero-order valence-electron chi connectivity index (χ0n) is 15.6. The lowest BCUT2D eigenvalue weighted by atomic mass is 10.0. The van der Waals surface area contributed by atoms with E-state index in [1.807, 2.05) is 0 Å². The maximum atomic E-state index is 13.9. The Morgan fingerprint density at radius 2 is 1.96 bits per heavy atom. The molecule has 0 bridgehead atoms. The van der Waals surface area contributed by atoms with Crippen molar-refractivity contribution in [1.29, 1.82) is 0 Å². The lowest BCUT2D eigenvalue weighted by molar-refractivity contribution is -0.165. The highest BCUT2D eigenvalue weighted by atomic mass is 19.1. The first-order valence-corrected chi connectivity index (χ1v) is 9.05. The van der Waals surface area contributed by atoms with Crippen LogP contribution in [0.2, 0.25) is 0 Å². The number of rotatable bonds is 5. The molecule has 0 saturated carbocycles. The van der Waals surface area contributed by atoms with E-state index in [1.165, 1.54) is 11.0 Å². The van der Waals surface area contributed by atoms with Crippen LogP contribution >= 0.6 is 0 Å². The van der Waals surface area contributed by atoms with E-state index in [9.17, 15) is 18.8 Å². The Morgan fingerprint density at radius 3 is 2.67 bits per heavy atom. The smallest absolute Gasteiger partial charge is 0.247 e. The van der Waals surface area contributed by atoms with Gasteiger partial charge >= 0.3 is 0 Å². The van der Waals surface area contributed by atoms with Crippen LogP contribution in [0.1, 0.15) is 12.5 Å². The van der Waals surface area contributed by atoms with Gasteiger partial charge in [-0.3, -0.25) is 14.4 Å². The summed E-state index contributed by atoms with van der Waals surface area (Å²) in [5.41, 5.74) is 0.279. The van der Waals surface area contributed by atoms with Crippen molar-refractivity contribution in [2.24, 2.45) is 0 Å². The number of nitrogens with zero attached hydrogens (tertiary/aromatic N) is 3. The molecule has 3 rings (SSSR count). The molecule has 8 heteroatoms. The average Bonchev–Trinajstić information content (AvgIpc) is 2.66. The number of amides is 3. The molecule has 2 aliphatic rings. The number of carbonyl (C=O) groups excluding carboxylic acids is 3. The largest absolute Gasteiger partial charge is 0.383 e. The normalized spacial score (nSPS) is 22.9. The van der Waals surface area contributed by atoms with Crippen molar-refractivity contribution >= 4 is 17.7 Å². The van der Waals surface area contributed by atoms with Crippen LogP contribution in [0.15, 0.2) is 24.3 Å². The van der Waals surface area contributed by atoms with Crippen LogP contribution in [-0.2, 0) is 25.5 Å². The molecule has 0 N–H and O–H groups in total. The van der Waals surface area contributed by atoms with Crippen LogP contribution in [-0.4, -0.2) is 84.4 Å². The Kier molecular flexibility index (Phi) is 5.74. The highest BCUT2D eigenvalue weighted by Crippen LogP contribution is 2.23. The topological polar surface area (TPSA) is 70.2 Å². The molecular weight excluding hydrogens is 353 g/mol. The Labute approximate surface area is 157 Å². The fourth-order valence-corrected chi connectivity index (χ4v) is 3.64. The van der Waals surface area contributed by atoms with Gasteiger partial charge in [-0.1, -0.05) is 18.2 Å². The van der Waals surface area contributed by atoms with Crippen molar-refractivity contribution in [1.82, 2.24) is 14.7 Å². The van der Waals surface area contributed by atoms with Crippen molar-refractivity contribution in [2.45, 2.75) is 25.4 Å². The number of halogens is 1. The highest BCUT2D eigenvalue weighted by molar-refractivity contribution is 5.95. The number of hydrogen-bond acceptors (Lipinski definition) is 4. The minimum absolute atomic E-state index is 0.127. The molecule has 2 saturated heterocycles. The molecule has 2 fully saturated rings. The minimum atomic E-state index is -0.691. The van der Waals surface area contributed by atoms with Crippen LogP contribution in [0.5, 0.6) is 0 Å². The van der Waals surface area contributed by atoms with Crippen LogP contribution in [0.4, 0.5) is 4.39 Å². The van der Waals surface area contributed by atoms with Crippen LogP contribution in [0.3, 0.4) is 0 Å². The highest BCUT2D eigenvalue weighted by Gasteiger charge is 2.46. The van der Waals surface area contributed by atoms with Gasteiger partial charge in [0.1, 0.15) is 17.9 Å². The molecule has 1 aromatic carbocycles. The Morgan fingerprint density at radius 1 is 1.22 bits per heavy atom. The average molecular weight is 377 g/mol. The third kappa shape index (κ3) is 3.80. The molecule has 3 amide bonds. The third-order valence-electron chi connectivity index (χ3n) is 5.25. The summed E-state index contributed by atoms with van der Waals surface area (Å²) in [6.45, 7) is 3.55. The number of fused-ring (bicyclic) bond motifs is 1. The molecule has 1 aromatic rings. The van der Waals surface area contributed by atoms with E-state index in [0.717, 1.165) is 0 Å². The van der Waals surface area contributed by atoms with Gasteiger partial charge in [-0.25, -0.2) is 4.39 Å². The molecule has 0 spiro atoms. The third-order valence-corrected chi connectivity index (χ3v) is 5.25. The second-order valence-electron chi connectivity index (χ2n) is 6.86. The van der Waals surface area contributed by atoms with Gasteiger partial charge in [0.25, 0.3) is 0 Å². The minimum Gasteiger partial charge on any atom is -0.383 e. The Bertz CT molecular complexity index is 741. The molecule has 7 nitrogen and oxygen atoms in total. The second-order valence-corrected chi connectivity index (χ2v) is 6.86. The summed E-state index contributed by atoms with van der Waals surface area (Å²) in [5.74, 6) is -1.24. The predicted octanol–water partition coefficient (Wildman–Crippen LogP) is 0.285. The fraction of sp³-hybridized carbons (Fsp3) is 0.526. The van der Waals surface area contributed by atoms with Gasteiger partial charge < -0.3 is 19.4 Å². The number of benzene rings is 1. The molecule has 2 aliphatic heterocycles. The zero-order chi connectivity index (χ0) is 19.6. The monoisotopic (exact) mass is 377 g/mol. The number of hydrogen-bond donors (Lipinski definition) is 0. The van der Waals surface area contributed by atoms with Gasteiger partial charge in [-0.2, -0.15) is 0 Å². The Balaban J connectivity index is 1.75. The van der Waals surface area contributed by atoms with E-state index in [1.54, 1.807) is 42.0 Å². The van der Waals surface area contributed by atoms with E-state index >= 15 is 0 Å². The summed E-state index contributed by atoms with van der Waals surface area (Å²) in [5, 5.41) is 0. The standard InChI is InChI=1S/C19H24FN3O4/c1-13-18(25)22-8-7-21(9-10-27-2)19(26)16(22)12-23(13)17(24)11-14-5-3-4-6-15(14)20/h3-6,13,16H,7-12H2,1-2H3/t13-,16-/m0/s1. The molecule has 27 heavy (non-hydrogen) atoms. The van der Waals surface area contributed by atoms with E-state index < -0.39 is 17.9 Å². The van der Waals surface area contributed by atoms with Crippen LogP contribution < -0.4 is 0 Å². The fourth-order valence-electron chi connectivity index (χ4n) is 3.64. The van der Waals surface area contributed by atoms with Gasteiger partial charge in [0.2, 0.25) is 17.7 Å². The van der Waals surface area contributed by atoms with Gasteiger partial charge in [0.05, 0.1) is 19.6 Å². The van der Waals surface area contributed by atoms with Crippen molar-refractivity contribution in [3.63, 3.8) is 0 Å². The van der Waals surface area contributed by atoms with Crippen LogP contribution in [0.25, 0.3) is 0 Å². The molecule has 0 radical (unpaired) electrons. The summed E-state index contributed by atoms with van der Waals surface area (Å²) in [6, 6.07) is 4.71. The molecule has 0 aliphatic carbocycles. The molecule has 2 atom stereocenters. The molecule has 2 heterocycles. The summed E-state index contributed by atoms with van der Waals surface area (Å²) in [7, 11) is 1.57. The van der Waals surface area contributed by atoms with Crippen molar-refractivity contribution in [3.05, 3.63) is 35.6 Å². The molecule has 0 aromatic heterocycles. The van der Waals surface area contributed by atoms with E-state index in [0.29, 0.717) is 26.2 Å². The second kappa shape index (κ2) is 8.04. The maximum Gasteiger partial charge on any atom is 0.247 e. The predicted molar refractivity (Wildman–Crippen MR) is 95.2 cm³/mol. The van der Waals surface area contributed by atoms with Gasteiger partial charge in [0.15, 0.2) is 0 Å². The first-order chi connectivity index (χ1) is 12.9. The van der Waals surface area contributed by atoms with Gasteiger partial charge in [-0.05, 0) is 18.6 Å². The Hall–Kier alpha value is -2.48. The van der Waals surface area contributed by atoms with Gasteiger partial charge in [0, 0.05) is 26.7 Å². The SMILES string of the molecule is COCCN1CCN2C(=O)[C@H](C)N(C(=O)Cc3ccccc3F)C[C@H]2C1=O. The quantitative estimate of drug-likeness (QED) is 0.739. The summed E-state index contributed by atoms with van der Waals surface area (Å²) in [6.07, 6.45) is -0.140. The summed E-state index contributed by atoms with van der Waals surface area (Å²) >= 11 is 0. The maximum absolute atomic E-state index is 13.9. The van der Waals surface area contributed by atoms with Crippen molar-refractivity contribution in [2.75, 3.05) is 39.9 Å². The first kappa shape index (κ1) is 19.3. The van der Waals surface area contributed by atoms with E-state index in [2.05, 4.69) is 0 Å². The van der Waals surface area contributed by atoms with E-state index in [-0.39, 0.29) is 36.3 Å². The lowest BCUT2D eigenvalue weighted by Crippen LogP contribution is -2.70. The number of ether oxygens (including phenoxy) is 1. The molecule has 146 valence electrons. The van der Waals surface area contributed by atoms with Gasteiger partial charge in [-0.15, -0.1) is 0 Å². The summed E-state index contributed by atoms with van der Waals surface area (Å²) in [4.78, 5) is 42.9. The number of piperazine rings is 2. The van der Waals surface area contributed by atoms with Crippen molar-refractivity contribution in [3.8, 4) is 0 Å². The first-order valence-electron chi connectivity index (χ1n) is 9.05. The summed E-state index contributed by atoms with van der Waals surface area (Å²) < 4.78 is 18.9. The van der Waals surface area contributed by atoms with Crippen LogP contribution in [0, 0.1) is 5.82 Å². The molecular formula is C19H24FN3O4. The lowest BCUT2D eigenvalue weighted by Gasteiger charge is -2.48. The molecule has 0 unspecified atom stereocenters.